The highest BCUT2D eigenvalue weighted by molar-refractivity contribution is 7.13. The summed E-state index contributed by atoms with van der Waals surface area (Å²) in [6.07, 6.45) is -1.37. The molecule has 0 aliphatic carbocycles. The van der Waals surface area contributed by atoms with E-state index in [1.54, 1.807) is 29.4 Å². The molecule has 5 heterocycles. The summed E-state index contributed by atoms with van der Waals surface area (Å²) < 4.78 is 11.0. The molecule has 0 bridgehead atoms. The highest BCUT2D eigenvalue weighted by Crippen LogP contribution is 2.39. The van der Waals surface area contributed by atoms with Crippen LogP contribution < -0.4 is 0 Å². The Bertz CT molecular complexity index is 1580. The third kappa shape index (κ3) is 4.02. The number of fused-ring (bicyclic) bond motifs is 1. The number of nitrogens with zero attached hydrogens (tertiary/aromatic N) is 9. The second-order valence-electron chi connectivity index (χ2n) is 8.78. The van der Waals surface area contributed by atoms with E-state index in [4.69, 9.17) is 16.3 Å². The molecule has 1 fully saturated rings. The third-order valence-corrected chi connectivity index (χ3v) is 7.66. The minimum atomic E-state index is -1.31. The van der Waals surface area contributed by atoms with Crippen molar-refractivity contribution in [1.82, 2.24) is 44.3 Å². The smallest absolute Gasteiger partial charge is 0.169 e. The minimum absolute atomic E-state index is 0.314. The number of imidazole rings is 1. The molecule has 1 aliphatic rings. The summed E-state index contributed by atoms with van der Waals surface area (Å²) >= 11 is 7.23. The Morgan fingerprint density at radius 1 is 1.16 bits per heavy atom. The van der Waals surface area contributed by atoms with Gasteiger partial charge in [0.2, 0.25) is 0 Å². The van der Waals surface area contributed by atoms with E-state index in [0.29, 0.717) is 27.5 Å². The molecule has 192 valence electrons. The van der Waals surface area contributed by atoms with Gasteiger partial charge in [0.05, 0.1) is 35.9 Å². The summed E-state index contributed by atoms with van der Waals surface area (Å²) in [6, 6.07) is 4.70. The SMILES string of the molecule is Cc1nnc([C@@H]2OC(CO)[C@H](O)[C@H](n3cc(-c4nc(Cl)cs4)nn3)C2O)n1-c1ccc2ncn(C)c2c1. The fourth-order valence-electron chi connectivity index (χ4n) is 4.66. The van der Waals surface area contributed by atoms with Crippen LogP contribution in [0.2, 0.25) is 5.15 Å². The number of aliphatic hydroxyl groups excluding tert-OH is 3. The first-order valence-electron chi connectivity index (χ1n) is 11.3. The predicted octanol–water partition coefficient (Wildman–Crippen LogP) is 1.23. The molecule has 6 rings (SSSR count). The highest BCUT2D eigenvalue weighted by Gasteiger charge is 2.48. The third-order valence-electron chi connectivity index (χ3n) is 6.47. The van der Waals surface area contributed by atoms with E-state index in [0.717, 1.165) is 16.7 Å². The van der Waals surface area contributed by atoms with Crippen molar-refractivity contribution in [2.45, 2.75) is 37.4 Å². The van der Waals surface area contributed by atoms with Crippen LogP contribution in [0.25, 0.3) is 27.4 Å². The Balaban J connectivity index is 1.40. The van der Waals surface area contributed by atoms with Crippen LogP contribution in [0.1, 0.15) is 23.8 Å². The second-order valence-corrected chi connectivity index (χ2v) is 10.0. The van der Waals surface area contributed by atoms with Crippen LogP contribution in [-0.4, -0.2) is 84.5 Å². The zero-order valence-corrected chi connectivity index (χ0v) is 21.2. The van der Waals surface area contributed by atoms with Crippen molar-refractivity contribution in [1.29, 1.82) is 0 Å². The molecule has 0 amide bonds. The maximum absolute atomic E-state index is 11.5. The van der Waals surface area contributed by atoms with Gasteiger partial charge in [0.25, 0.3) is 0 Å². The largest absolute Gasteiger partial charge is 0.394 e. The van der Waals surface area contributed by atoms with Gasteiger partial charge < -0.3 is 24.6 Å². The monoisotopic (exact) mass is 543 g/mol. The second kappa shape index (κ2) is 9.24. The van der Waals surface area contributed by atoms with E-state index < -0.39 is 37.1 Å². The molecule has 5 aromatic rings. The van der Waals surface area contributed by atoms with E-state index in [1.807, 2.05) is 29.8 Å². The van der Waals surface area contributed by atoms with Crippen molar-refractivity contribution in [2.24, 2.45) is 7.05 Å². The van der Waals surface area contributed by atoms with E-state index in [9.17, 15) is 15.3 Å². The number of halogens is 1. The quantitative estimate of drug-likeness (QED) is 0.294. The fraction of sp³-hybridized carbons (Fsp3) is 0.364. The van der Waals surface area contributed by atoms with Gasteiger partial charge in [-0.15, -0.1) is 26.6 Å². The normalized spacial score (nSPS) is 24.2. The van der Waals surface area contributed by atoms with Crippen LogP contribution in [0.5, 0.6) is 0 Å². The first-order chi connectivity index (χ1) is 17.9. The van der Waals surface area contributed by atoms with E-state index in [2.05, 4.69) is 30.5 Å². The number of hydrogen-bond donors (Lipinski definition) is 3. The lowest BCUT2D eigenvalue weighted by Gasteiger charge is -2.41. The molecule has 1 saturated heterocycles. The Hall–Kier alpha value is -3.27. The summed E-state index contributed by atoms with van der Waals surface area (Å²) in [6.45, 7) is 1.30. The Labute approximate surface area is 218 Å². The van der Waals surface area contributed by atoms with Gasteiger partial charge in [-0.1, -0.05) is 16.8 Å². The molecule has 1 aliphatic heterocycles. The topological polar surface area (TPSA) is 162 Å². The molecule has 2 unspecified atom stereocenters. The highest BCUT2D eigenvalue weighted by atomic mass is 35.5. The first-order valence-corrected chi connectivity index (χ1v) is 12.6. The number of benzene rings is 1. The number of aliphatic hydroxyl groups is 3. The summed E-state index contributed by atoms with van der Waals surface area (Å²) in [5.74, 6) is 0.883. The van der Waals surface area contributed by atoms with Crippen molar-refractivity contribution in [3.8, 4) is 16.4 Å². The summed E-state index contributed by atoms with van der Waals surface area (Å²) in [4.78, 5) is 8.55. The fourth-order valence-corrected chi connectivity index (χ4v) is 5.55. The Morgan fingerprint density at radius 2 is 2.00 bits per heavy atom. The molecule has 1 aromatic carbocycles. The molecule has 0 spiro atoms. The molecule has 0 radical (unpaired) electrons. The maximum Gasteiger partial charge on any atom is 0.169 e. The first kappa shape index (κ1) is 24.1. The molecule has 3 N–H and O–H groups in total. The number of thiazole rings is 1. The molecule has 37 heavy (non-hydrogen) atoms. The van der Waals surface area contributed by atoms with Crippen LogP contribution in [0.3, 0.4) is 0 Å². The molecule has 0 saturated carbocycles. The van der Waals surface area contributed by atoms with Crippen molar-refractivity contribution in [2.75, 3.05) is 6.61 Å². The van der Waals surface area contributed by atoms with Crippen molar-refractivity contribution in [3.63, 3.8) is 0 Å². The molecule has 5 atom stereocenters. The Kier molecular flexibility index (Phi) is 6.01. The zero-order valence-electron chi connectivity index (χ0n) is 19.6. The van der Waals surface area contributed by atoms with Gasteiger partial charge in [-0.2, -0.15) is 0 Å². The summed E-state index contributed by atoms with van der Waals surface area (Å²) in [5, 5.41) is 51.8. The average molecular weight is 544 g/mol. The molecule has 15 heteroatoms. The van der Waals surface area contributed by atoms with Gasteiger partial charge in [-0.3, -0.25) is 4.57 Å². The minimum Gasteiger partial charge on any atom is -0.394 e. The van der Waals surface area contributed by atoms with Crippen molar-refractivity contribution < 1.29 is 20.1 Å². The van der Waals surface area contributed by atoms with E-state index in [1.165, 1.54) is 16.0 Å². The van der Waals surface area contributed by atoms with Gasteiger partial charge in [0.1, 0.15) is 52.1 Å². The predicted molar refractivity (Wildman–Crippen MR) is 132 cm³/mol. The van der Waals surface area contributed by atoms with Crippen LogP contribution in [0.4, 0.5) is 0 Å². The lowest BCUT2D eigenvalue weighted by molar-refractivity contribution is -0.210. The van der Waals surface area contributed by atoms with Gasteiger partial charge in [0, 0.05) is 12.4 Å². The van der Waals surface area contributed by atoms with E-state index in [-0.39, 0.29) is 0 Å². The van der Waals surface area contributed by atoms with Gasteiger partial charge >= 0.3 is 0 Å². The number of aromatic nitrogens is 9. The molecule has 4 aromatic heterocycles. The lowest BCUT2D eigenvalue weighted by Crippen LogP contribution is -2.53. The zero-order chi connectivity index (χ0) is 25.8. The van der Waals surface area contributed by atoms with Crippen molar-refractivity contribution >= 4 is 34.0 Å². The standard InChI is InChI=1S/C22H22ClN9O4S/c1-10-26-28-21(32(10)11-3-4-12-14(5-11)30(2)9-24-12)20-19(35)17(18(34)15(7-33)36-20)31-6-13(27-29-31)22-25-16(23)8-37-22/h3-6,8-9,15,17-20,33-35H,7H2,1-2H3/t15?,17-,18-,19?,20+/m0/s1. The maximum atomic E-state index is 11.5. The van der Waals surface area contributed by atoms with Gasteiger partial charge in [-0.05, 0) is 25.1 Å². The number of rotatable bonds is 5. The number of aryl methyl sites for hydroxylation is 2. The van der Waals surface area contributed by atoms with E-state index >= 15 is 0 Å². The van der Waals surface area contributed by atoms with Gasteiger partial charge in [0.15, 0.2) is 5.82 Å². The van der Waals surface area contributed by atoms with Crippen LogP contribution in [0, 0.1) is 6.92 Å². The molecular formula is C22H22ClN9O4S. The summed E-state index contributed by atoms with van der Waals surface area (Å²) in [7, 11) is 1.90. The van der Waals surface area contributed by atoms with Gasteiger partial charge in [-0.25, -0.2) is 14.6 Å². The Morgan fingerprint density at radius 3 is 2.76 bits per heavy atom. The average Bonchev–Trinajstić information content (AvgIpc) is 3.68. The molecular weight excluding hydrogens is 522 g/mol. The van der Waals surface area contributed by atoms with Crippen LogP contribution in [-0.2, 0) is 11.8 Å². The number of hydrogen-bond acceptors (Lipinski definition) is 11. The van der Waals surface area contributed by atoms with Crippen LogP contribution >= 0.6 is 22.9 Å². The van der Waals surface area contributed by atoms with Crippen molar-refractivity contribution in [3.05, 3.63) is 52.9 Å². The summed E-state index contributed by atoms with van der Waals surface area (Å²) in [5.41, 5.74) is 2.92. The lowest BCUT2D eigenvalue weighted by atomic mass is 9.92. The van der Waals surface area contributed by atoms with Crippen LogP contribution in [0.15, 0.2) is 36.1 Å². The molecule has 13 nitrogen and oxygen atoms in total. The number of ether oxygens (including phenoxy) is 1.